The van der Waals surface area contributed by atoms with Gasteiger partial charge in [0.15, 0.2) is 0 Å². The number of hydrogen-bond donors (Lipinski definition) is 2. The van der Waals surface area contributed by atoms with Crippen LogP contribution in [0.1, 0.15) is 77.2 Å². The fourth-order valence-electron chi connectivity index (χ4n) is 7.58. The summed E-state index contributed by atoms with van der Waals surface area (Å²) in [7, 11) is 0. The van der Waals surface area contributed by atoms with Crippen LogP contribution in [0.4, 0.5) is 5.95 Å². The average Bonchev–Trinajstić information content (AvgIpc) is 3.20. The largest absolute Gasteiger partial charge is 0.465 e. The molecule has 1 unspecified atom stereocenters. The Morgan fingerprint density at radius 1 is 1.00 bits per heavy atom. The van der Waals surface area contributed by atoms with Crippen LogP contribution in [-0.4, -0.2) is 63.8 Å². The number of aromatic nitrogens is 2. The number of nitrogens with one attached hydrogen (secondary N) is 2. The van der Waals surface area contributed by atoms with E-state index in [9.17, 15) is 4.79 Å². The lowest BCUT2D eigenvalue weighted by Gasteiger charge is -2.55. The molecular weight excluding hydrogens is 426 g/mol. The van der Waals surface area contributed by atoms with Gasteiger partial charge in [-0.05, 0) is 70.4 Å². The summed E-state index contributed by atoms with van der Waals surface area (Å²) in [5, 5.41) is 7.20. The molecule has 4 fully saturated rings. The highest BCUT2D eigenvalue weighted by molar-refractivity contribution is 5.80. The number of fused-ring (bicyclic) bond motifs is 5. The van der Waals surface area contributed by atoms with Gasteiger partial charge in [0.05, 0.1) is 17.6 Å². The molecule has 6 atom stereocenters. The molecule has 2 aromatic rings. The number of anilines is 1. The number of esters is 1. The van der Waals surface area contributed by atoms with Crippen molar-refractivity contribution in [2.45, 2.75) is 107 Å². The number of ether oxygens (including phenoxy) is 1. The van der Waals surface area contributed by atoms with Crippen molar-refractivity contribution in [1.29, 1.82) is 0 Å². The first-order valence-electron chi connectivity index (χ1n) is 13.6. The van der Waals surface area contributed by atoms with Crippen molar-refractivity contribution in [3.8, 4) is 0 Å². The predicted molar refractivity (Wildman–Crippen MR) is 134 cm³/mol. The van der Waals surface area contributed by atoms with Gasteiger partial charge in [0.1, 0.15) is 6.54 Å². The highest BCUT2D eigenvalue weighted by atomic mass is 16.5. The number of carbonyl (C=O) groups is 1. The third-order valence-corrected chi connectivity index (χ3v) is 8.77. The van der Waals surface area contributed by atoms with Crippen molar-refractivity contribution in [3.05, 3.63) is 24.3 Å². The first-order valence-corrected chi connectivity index (χ1v) is 13.6. The van der Waals surface area contributed by atoms with E-state index in [1.165, 1.54) is 69.7 Å². The number of nitrogens with zero attached hydrogens (tertiary/aromatic N) is 3. The van der Waals surface area contributed by atoms with E-state index in [0.29, 0.717) is 24.7 Å². The second-order valence-electron chi connectivity index (χ2n) is 10.9. The van der Waals surface area contributed by atoms with Crippen molar-refractivity contribution in [1.82, 2.24) is 19.8 Å². The lowest BCUT2D eigenvalue weighted by molar-refractivity contribution is -0.140. The van der Waals surface area contributed by atoms with Crippen molar-refractivity contribution < 1.29 is 9.53 Å². The van der Waals surface area contributed by atoms with E-state index in [0.717, 1.165) is 29.6 Å². The quantitative estimate of drug-likeness (QED) is 0.622. The van der Waals surface area contributed by atoms with Gasteiger partial charge in [-0.15, -0.1) is 0 Å². The standard InChI is InChI=1S/C27H39N5O2/c1-2-34-26(33)17-28-27-30-24-11-3-4-12-25(24)32(27)23-15-20-9-6-10-21(16-23)31(20)22-13-18-7-5-8-19(14-22)29-18/h3-4,11-12,18-23,29H,2,5-10,13-17H2,1H3,(H,28,30)/t18-,19+,20-,21+,22-,23?. The highest BCUT2D eigenvalue weighted by Gasteiger charge is 2.45. The van der Waals surface area contributed by atoms with Gasteiger partial charge in [-0.25, -0.2) is 4.98 Å². The zero-order valence-corrected chi connectivity index (χ0v) is 20.4. The number of carbonyl (C=O) groups excluding carboxylic acids is 1. The normalized spacial score (nSPS) is 33.6. The monoisotopic (exact) mass is 465 g/mol. The van der Waals surface area contributed by atoms with Crippen molar-refractivity contribution in [2.24, 2.45) is 0 Å². The van der Waals surface area contributed by atoms with Crippen molar-refractivity contribution in [2.75, 3.05) is 18.5 Å². The topological polar surface area (TPSA) is 71.4 Å². The number of rotatable bonds is 6. The van der Waals surface area contributed by atoms with E-state index < -0.39 is 0 Å². The predicted octanol–water partition coefficient (Wildman–Crippen LogP) is 4.24. The summed E-state index contributed by atoms with van der Waals surface area (Å²) >= 11 is 0. The van der Waals surface area contributed by atoms with Crippen LogP contribution >= 0.6 is 0 Å². The van der Waals surface area contributed by atoms with Crippen LogP contribution in [-0.2, 0) is 9.53 Å². The van der Waals surface area contributed by atoms with Gasteiger partial charge in [0.25, 0.3) is 0 Å². The minimum absolute atomic E-state index is 0.153. The van der Waals surface area contributed by atoms with Gasteiger partial charge in [-0.3, -0.25) is 9.69 Å². The van der Waals surface area contributed by atoms with Crippen LogP contribution < -0.4 is 10.6 Å². The first-order chi connectivity index (χ1) is 16.7. The summed E-state index contributed by atoms with van der Waals surface area (Å²) in [6, 6.07) is 12.3. The second-order valence-corrected chi connectivity index (χ2v) is 10.9. The summed E-state index contributed by atoms with van der Waals surface area (Å²) in [6.07, 6.45) is 13.1. The minimum atomic E-state index is -0.232. The molecular formula is C27H39N5O2. The second kappa shape index (κ2) is 9.50. The van der Waals surface area contributed by atoms with Gasteiger partial charge in [-0.1, -0.05) is 25.0 Å². The zero-order chi connectivity index (χ0) is 23.1. The molecule has 0 spiro atoms. The number of imidazole rings is 1. The van der Waals surface area contributed by atoms with Crippen molar-refractivity contribution in [3.63, 3.8) is 0 Å². The molecule has 1 aromatic heterocycles. The fraction of sp³-hybridized carbons (Fsp3) is 0.704. The Labute approximate surface area is 202 Å². The van der Waals surface area contributed by atoms with E-state index in [1.54, 1.807) is 0 Å². The van der Waals surface area contributed by atoms with E-state index in [4.69, 9.17) is 9.72 Å². The molecule has 0 saturated carbocycles. The van der Waals surface area contributed by atoms with Gasteiger partial charge < -0.3 is 19.9 Å². The molecule has 34 heavy (non-hydrogen) atoms. The molecule has 184 valence electrons. The van der Waals surface area contributed by atoms with Crippen LogP contribution in [0.5, 0.6) is 0 Å². The van der Waals surface area contributed by atoms with Crippen LogP contribution in [0, 0.1) is 0 Å². The fourth-order valence-corrected chi connectivity index (χ4v) is 7.58. The Kier molecular flexibility index (Phi) is 6.24. The molecule has 0 amide bonds. The van der Waals surface area contributed by atoms with Crippen LogP contribution in [0.2, 0.25) is 0 Å². The summed E-state index contributed by atoms with van der Waals surface area (Å²) in [5.74, 6) is 0.575. The number of piperidine rings is 4. The Morgan fingerprint density at radius 3 is 2.44 bits per heavy atom. The maximum absolute atomic E-state index is 12.0. The van der Waals surface area contributed by atoms with E-state index in [2.05, 4.69) is 38.3 Å². The van der Waals surface area contributed by atoms with Crippen molar-refractivity contribution >= 4 is 23.0 Å². The molecule has 4 saturated heterocycles. The Balaban J connectivity index is 1.25. The Bertz CT molecular complexity index is 996. The molecule has 5 heterocycles. The zero-order valence-electron chi connectivity index (χ0n) is 20.4. The number of para-hydroxylation sites is 2. The number of benzene rings is 1. The molecule has 0 radical (unpaired) electrons. The molecule has 4 aliphatic rings. The molecule has 4 aliphatic heterocycles. The van der Waals surface area contributed by atoms with Gasteiger partial charge in [0, 0.05) is 36.3 Å². The third-order valence-electron chi connectivity index (χ3n) is 8.77. The van der Waals surface area contributed by atoms with Crippen LogP contribution in [0.15, 0.2) is 24.3 Å². The van der Waals surface area contributed by atoms with E-state index >= 15 is 0 Å². The number of hydrogen-bond acceptors (Lipinski definition) is 6. The molecule has 1 aromatic carbocycles. The lowest BCUT2D eigenvalue weighted by atomic mass is 9.76. The molecule has 7 heteroatoms. The SMILES string of the molecule is CCOC(=O)CNc1nc2ccccc2n1C1C[C@H]2CCC[C@@H](C1)N2[C@@H]1C[C@H]2CCC[C@@H](C1)N2. The Hall–Kier alpha value is -2.12. The minimum Gasteiger partial charge on any atom is -0.465 e. The average molecular weight is 466 g/mol. The van der Waals surface area contributed by atoms with E-state index in [-0.39, 0.29) is 12.5 Å². The third kappa shape index (κ3) is 4.22. The van der Waals surface area contributed by atoms with E-state index in [1.807, 2.05) is 13.0 Å². The molecule has 2 N–H and O–H groups in total. The Morgan fingerprint density at radius 2 is 1.71 bits per heavy atom. The maximum Gasteiger partial charge on any atom is 0.325 e. The highest BCUT2D eigenvalue weighted by Crippen LogP contribution is 2.45. The summed E-state index contributed by atoms with van der Waals surface area (Å²) < 4.78 is 7.54. The molecule has 4 bridgehead atoms. The lowest BCUT2D eigenvalue weighted by Crippen LogP contribution is -2.62. The van der Waals surface area contributed by atoms with Gasteiger partial charge >= 0.3 is 5.97 Å². The molecule has 6 rings (SSSR count). The first kappa shape index (κ1) is 22.4. The van der Waals surface area contributed by atoms with Crippen LogP contribution in [0.3, 0.4) is 0 Å². The van der Waals surface area contributed by atoms with Gasteiger partial charge in [0.2, 0.25) is 5.95 Å². The molecule has 7 nitrogen and oxygen atoms in total. The summed E-state index contributed by atoms with van der Waals surface area (Å²) in [4.78, 5) is 19.9. The molecule has 0 aliphatic carbocycles. The summed E-state index contributed by atoms with van der Waals surface area (Å²) in [6.45, 7) is 2.40. The van der Waals surface area contributed by atoms with Crippen LogP contribution in [0.25, 0.3) is 11.0 Å². The smallest absolute Gasteiger partial charge is 0.325 e. The van der Waals surface area contributed by atoms with Gasteiger partial charge in [-0.2, -0.15) is 0 Å². The maximum atomic E-state index is 12.0. The summed E-state index contributed by atoms with van der Waals surface area (Å²) in [5.41, 5.74) is 2.16.